The van der Waals surface area contributed by atoms with E-state index >= 15 is 0 Å². The summed E-state index contributed by atoms with van der Waals surface area (Å²) in [6, 6.07) is 10.0. The molecule has 3 rings (SSSR count). The molecule has 0 saturated carbocycles. The highest BCUT2D eigenvalue weighted by molar-refractivity contribution is 6.31. The van der Waals surface area contributed by atoms with Gasteiger partial charge in [0.25, 0.3) is 0 Å². The van der Waals surface area contributed by atoms with Crippen LogP contribution in [0.15, 0.2) is 24.3 Å². The highest BCUT2D eigenvalue weighted by Crippen LogP contribution is 2.25. The summed E-state index contributed by atoms with van der Waals surface area (Å²) in [5, 5.41) is 14.2. The maximum absolute atomic E-state index is 9.35. The molecule has 0 unspecified atom stereocenters. The zero-order valence-corrected chi connectivity index (χ0v) is 12.0. The molecule has 1 aromatic heterocycles. The van der Waals surface area contributed by atoms with Crippen LogP contribution < -0.4 is 10.2 Å². The first-order chi connectivity index (χ1) is 9.67. The number of hydrogen-bond acceptors (Lipinski definition) is 4. The number of nitrogens with zero attached hydrogens (tertiary/aromatic N) is 3. The average molecular weight is 287 g/mol. The number of rotatable bonds is 1. The Hall–Kier alpha value is -1.83. The standard InChI is InChI=1S/C15H15ClN4/c1-10-9-20(5-4-18-10)15-6-11(8-17)13-7-12(16)2-3-14(13)19-15/h2-3,6-7,10,18H,4-5,9H2,1H3/t10-/m1/s1. The zero-order chi connectivity index (χ0) is 14.1. The molecule has 1 atom stereocenters. The summed E-state index contributed by atoms with van der Waals surface area (Å²) in [5.41, 5.74) is 1.44. The van der Waals surface area contributed by atoms with Gasteiger partial charge in [0, 0.05) is 36.1 Å². The van der Waals surface area contributed by atoms with E-state index in [4.69, 9.17) is 11.6 Å². The van der Waals surface area contributed by atoms with Crippen molar-refractivity contribution >= 4 is 28.3 Å². The van der Waals surface area contributed by atoms with Crippen molar-refractivity contribution in [3.05, 3.63) is 34.9 Å². The number of pyridine rings is 1. The first-order valence-corrected chi connectivity index (χ1v) is 7.04. The molecule has 1 saturated heterocycles. The van der Waals surface area contributed by atoms with Gasteiger partial charge >= 0.3 is 0 Å². The van der Waals surface area contributed by atoms with Crippen LogP contribution >= 0.6 is 11.6 Å². The van der Waals surface area contributed by atoms with Crippen molar-refractivity contribution in [2.24, 2.45) is 0 Å². The topological polar surface area (TPSA) is 52.0 Å². The highest BCUT2D eigenvalue weighted by Gasteiger charge is 2.18. The fraction of sp³-hybridized carbons (Fsp3) is 0.333. The van der Waals surface area contributed by atoms with Crippen molar-refractivity contribution in [3.63, 3.8) is 0 Å². The monoisotopic (exact) mass is 286 g/mol. The molecule has 5 heteroatoms. The van der Waals surface area contributed by atoms with Crippen LogP contribution in [0.4, 0.5) is 5.82 Å². The van der Waals surface area contributed by atoms with E-state index in [2.05, 4.69) is 28.2 Å². The van der Waals surface area contributed by atoms with Crippen LogP contribution in [0.3, 0.4) is 0 Å². The molecule has 2 aromatic rings. The summed E-state index contributed by atoms with van der Waals surface area (Å²) < 4.78 is 0. The number of nitrogens with one attached hydrogen (secondary N) is 1. The Bertz CT molecular complexity index is 692. The van der Waals surface area contributed by atoms with Gasteiger partial charge in [0.15, 0.2) is 0 Å². The molecule has 1 N–H and O–H groups in total. The number of fused-ring (bicyclic) bond motifs is 1. The lowest BCUT2D eigenvalue weighted by Gasteiger charge is -2.33. The van der Waals surface area contributed by atoms with Crippen LogP contribution in [0.5, 0.6) is 0 Å². The first-order valence-electron chi connectivity index (χ1n) is 6.66. The second-order valence-electron chi connectivity index (χ2n) is 5.10. The van der Waals surface area contributed by atoms with Gasteiger partial charge in [-0.3, -0.25) is 0 Å². The van der Waals surface area contributed by atoms with Gasteiger partial charge in [-0.05, 0) is 31.2 Å². The predicted molar refractivity (Wildman–Crippen MR) is 81.1 cm³/mol. The molecule has 0 bridgehead atoms. The van der Waals surface area contributed by atoms with Crippen LogP contribution in [-0.4, -0.2) is 30.7 Å². The number of piperazine rings is 1. The van der Waals surface area contributed by atoms with Crippen LogP contribution in [0.25, 0.3) is 10.9 Å². The second kappa shape index (κ2) is 5.28. The summed E-state index contributed by atoms with van der Waals surface area (Å²) in [6.45, 7) is 4.89. The van der Waals surface area contributed by atoms with E-state index in [1.54, 1.807) is 6.07 Å². The lowest BCUT2D eigenvalue weighted by atomic mass is 10.1. The van der Waals surface area contributed by atoms with Gasteiger partial charge in [-0.2, -0.15) is 5.26 Å². The molecule has 0 spiro atoms. The van der Waals surface area contributed by atoms with E-state index in [0.717, 1.165) is 36.4 Å². The number of benzene rings is 1. The normalized spacial score (nSPS) is 19.1. The van der Waals surface area contributed by atoms with E-state index in [1.165, 1.54) is 0 Å². The number of hydrogen-bond donors (Lipinski definition) is 1. The molecular weight excluding hydrogens is 272 g/mol. The number of halogens is 1. The van der Waals surface area contributed by atoms with Crippen LogP contribution in [-0.2, 0) is 0 Å². The number of anilines is 1. The van der Waals surface area contributed by atoms with Crippen molar-refractivity contribution in [3.8, 4) is 6.07 Å². The molecule has 0 aliphatic carbocycles. The lowest BCUT2D eigenvalue weighted by Crippen LogP contribution is -2.49. The van der Waals surface area contributed by atoms with Crippen molar-refractivity contribution < 1.29 is 0 Å². The molecule has 1 aliphatic heterocycles. The van der Waals surface area contributed by atoms with Gasteiger partial charge in [0.1, 0.15) is 5.82 Å². The van der Waals surface area contributed by atoms with Crippen LogP contribution in [0.1, 0.15) is 12.5 Å². The van der Waals surface area contributed by atoms with Gasteiger partial charge in [-0.25, -0.2) is 4.98 Å². The maximum atomic E-state index is 9.35. The second-order valence-corrected chi connectivity index (χ2v) is 5.54. The highest BCUT2D eigenvalue weighted by atomic mass is 35.5. The Morgan fingerprint density at radius 2 is 2.30 bits per heavy atom. The first kappa shape index (κ1) is 13.2. The van der Waals surface area contributed by atoms with Crippen molar-refractivity contribution in [2.75, 3.05) is 24.5 Å². The molecule has 20 heavy (non-hydrogen) atoms. The Kier molecular flexibility index (Phi) is 3.47. The van der Waals surface area contributed by atoms with E-state index in [1.807, 2.05) is 18.2 Å². The van der Waals surface area contributed by atoms with Gasteiger partial charge in [-0.1, -0.05) is 11.6 Å². The van der Waals surface area contributed by atoms with Gasteiger partial charge in [0.05, 0.1) is 17.1 Å². The van der Waals surface area contributed by atoms with Crippen LogP contribution in [0.2, 0.25) is 5.02 Å². The number of nitriles is 1. The van der Waals surface area contributed by atoms with Crippen molar-refractivity contribution in [1.82, 2.24) is 10.3 Å². The smallest absolute Gasteiger partial charge is 0.130 e. The molecular formula is C15H15ClN4. The third kappa shape index (κ3) is 2.43. The third-order valence-corrected chi connectivity index (χ3v) is 3.81. The summed E-state index contributed by atoms with van der Waals surface area (Å²) in [4.78, 5) is 6.89. The predicted octanol–water partition coefficient (Wildman–Crippen LogP) is 2.56. The molecule has 0 amide bonds. The van der Waals surface area contributed by atoms with Gasteiger partial charge in [0.2, 0.25) is 0 Å². The van der Waals surface area contributed by atoms with Crippen molar-refractivity contribution in [1.29, 1.82) is 5.26 Å². The molecule has 4 nitrogen and oxygen atoms in total. The third-order valence-electron chi connectivity index (χ3n) is 3.57. The summed E-state index contributed by atoms with van der Waals surface area (Å²) in [5.74, 6) is 0.865. The molecule has 0 radical (unpaired) electrons. The molecule has 1 fully saturated rings. The fourth-order valence-electron chi connectivity index (χ4n) is 2.58. The van der Waals surface area contributed by atoms with E-state index in [-0.39, 0.29) is 0 Å². The molecule has 1 aromatic carbocycles. The Morgan fingerprint density at radius 1 is 1.45 bits per heavy atom. The molecule has 102 valence electrons. The Labute approximate surface area is 123 Å². The van der Waals surface area contributed by atoms with E-state index in [9.17, 15) is 5.26 Å². The largest absolute Gasteiger partial charge is 0.354 e. The zero-order valence-electron chi connectivity index (χ0n) is 11.2. The minimum atomic E-state index is 0.428. The molecule has 2 heterocycles. The lowest BCUT2D eigenvalue weighted by molar-refractivity contribution is 0.482. The van der Waals surface area contributed by atoms with Crippen molar-refractivity contribution in [2.45, 2.75) is 13.0 Å². The van der Waals surface area contributed by atoms with Gasteiger partial charge in [-0.15, -0.1) is 0 Å². The summed E-state index contributed by atoms with van der Waals surface area (Å²) in [7, 11) is 0. The summed E-state index contributed by atoms with van der Waals surface area (Å²) in [6.07, 6.45) is 0. The Balaban J connectivity index is 2.09. The summed E-state index contributed by atoms with van der Waals surface area (Å²) >= 11 is 6.00. The number of aromatic nitrogens is 1. The van der Waals surface area contributed by atoms with E-state index in [0.29, 0.717) is 16.6 Å². The minimum absolute atomic E-state index is 0.428. The van der Waals surface area contributed by atoms with Gasteiger partial charge < -0.3 is 10.2 Å². The van der Waals surface area contributed by atoms with E-state index < -0.39 is 0 Å². The minimum Gasteiger partial charge on any atom is -0.354 e. The molecule has 1 aliphatic rings. The Morgan fingerprint density at radius 3 is 3.05 bits per heavy atom. The fourth-order valence-corrected chi connectivity index (χ4v) is 2.75. The maximum Gasteiger partial charge on any atom is 0.130 e. The SMILES string of the molecule is C[C@@H]1CN(c2cc(C#N)c3cc(Cl)ccc3n2)CCN1. The average Bonchev–Trinajstić information content (AvgIpc) is 2.46. The quantitative estimate of drug-likeness (QED) is 0.875. The van der Waals surface area contributed by atoms with Crippen LogP contribution in [0, 0.1) is 11.3 Å².